The van der Waals surface area contributed by atoms with E-state index in [2.05, 4.69) is 25.7 Å². The van der Waals surface area contributed by atoms with Crippen LogP contribution < -0.4 is 10.6 Å². The van der Waals surface area contributed by atoms with Crippen LogP contribution in [-0.4, -0.2) is 45.4 Å². The molecular formula is C19H17F3N6O2. The minimum atomic E-state index is -4.60. The summed E-state index contributed by atoms with van der Waals surface area (Å²) in [6, 6.07) is 8.01. The molecule has 0 saturated carbocycles. The predicted octanol–water partition coefficient (Wildman–Crippen LogP) is 2.59. The Labute approximate surface area is 169 Å². The molecule has 1 unspecified atom stereocenters. The number of morpholine rings is 1. The highest BCUT2D eigenvalue weighted by Crippen LogP contribution is 2.27. The van der Waals surface area contributed by atoms with Crippen molar-refractivity contribution in [3.63, 3.8) is 0 Å². The van der Waals surface area contributed by atoms with Crippen LogP contribution in [0.15, 0.2) is 48.9 Å². The summed E-state index contributed by atoms with van der Waals surface area (Å²) in [5.41, 5.74) is 0.622. The van der Waals surface area contributed by atoms with E-state index in [4.69, 9.17) is 4.74 Å². The fourth-order valence-corrected chi connectivity index (χ4v) is 2.93. The van der Waals surface area contributed by atoms with Gasteiger partial charge in [-0.05, 0) is 23.8 Å². The average Bonchev–Trinajstić information content (AvgIpc) is 3.25. The van der Waals surface area contributed by atoms with Gasteiger partial charge >= 0.3 is 6.18 Å². The zero-order chi connectivity index (χ0) is 21.1. The number of hydrogen-bond acceptors (Lipinski definition) is 6. The number of carbonyl (C=O) groups is 1. The molecule has 1 atom stereocenters. The first kappa shape index (κ1) is 20.0. The first-order valence-corrected chi connectivity index (χ1v) is 9.09. The number of hydrogen-bond donors (Lipinski definition) is 2. The molecule has 1 aliphatic heterocycles. The maximum Gasteiger partial charge on any atom is 0.433 e. The number of nitrogens with one attached hydrogen (secondary N) is 2. The topological polar surface area (TPSA) is 94.0 Å². The third kappa shape index (κ3) is 4.47. The first-order valence-electron chi connectivity index (χ1n) is 9.09. The van der Waals surface area contributed by atoms with Crippen LogP contribution in [0.1, 0.15) is 27.7 Å². The van der Waals surface area contributed by atoms with Gasteiger partial charge in [-0.3, -0.25) is 4.79 Å². The Kier molecular flexibility index (Phi) is 5.46. The van der Waals surface area contributed by atoms with Crippen LogP contribution in [0.4, 0.5) is 18.9 Å². The summed E-state index contributed by atoms with van der Waals surface area (Å²) in [5.74, 6) is -0.745. The standard InChI is InChI=1S/C19H17F3N6O2/c20-19(21,22)16-5-6-24-18(27-16)28-11-13(9-25-28)17(29)26-14-3-1-12(2-4-14)15-10-23-7-8-30-15/h1-6,9,11,15,23H,7-8,10H2,(H,26,29). The fraction of sp³-hybridized carbons (Fsp3) is 0.263. The number of carbonyl (C=O) groups excluding carboxylic acids is 1. The number of ether oxygens (including phenoxy) is 1. The van der Waals surface area contributed by atoms with Gasteiger partial charge in [0, 0.05) is 31.2 Å². The molecule has 3 heterocycles. The predicted molar refractivity (Wildman–Crippen MR) is 100 cm³/mol. The molecule has 0 radical (unpaired) electrons. The second-order valence-electron chi connectivity index (χ2n) is 6.55. The summed E-state index contributed by atoms with van der Waals surface area (Å²) in [6.45, 7) is 2.19. The van der Waals surface area contributed by atoms with Crippen LogP contribution in [0, 0.1) is 0 Å². The van der Waals surface area contributed by atoms with Crippen molar-refractivity contribution in [1.82, 2.24) is 25.1 Å². The molecule has 1 saturated heterocycles. The number of nitrogens with zero attached hydrogens (tertiary/aromatic N) is 4. The lowest BCUT2D eigenvalue weighted by Gasteiger charge is -2.24. The molecule has 1 aliphatic rings. The molecule has 4 rings (SSSR count). The molecule has 0 aliphatic carbocycles. The molecule has 156 valence electrons. The van der Waals surface area contributed by atoms with Crippen LogP contribution in [0.3, 0.4) is 0 Å². The van der Waals surface area contributed by atoms with Gasteiger partial charge in [0.2, 0.25) is 0 Å². The molecular weight excluding hydrogens is 401 g/mol. The maximum absolute atomic E-state index is 12.8. The van der Waals surface area contributed by atoms with Crippen molar-refractivity contribution < 1.29 is 22.7 Å². The quantitative estimate of drug-likeness (QED) is 0.677. The molecule has 0 bridgehead atoms. The summed E-state index contributed by atoms with van der Waals surface area (Å²) in [6.07, 6.45) is -1.15. The fourth-order valence-electron chi connectivity index (χ4n) is 2.93. The summed E-state index contributed by atoms with van der Waals surface area (Å²) < 4.78 is 45.1. The second-order valence-corrected chi connectivity index (χ2v) is 6.55. The lowest BCUT2D eigenvalue weighted by Crippen LogP contribution is -2.33. The SMILES string of the molecule is O=C(Nc1ccc(C2CNCCO2)cc1)c1cnn(-c2nccc(C(F)(F)F)n2)c1. The van der Waals surface area contributed by atoms with Crippen LogP contribution in [0.25, 0.3) is 5.95 Å². The summed E-state index contributed by atoms with van der Waals surface area (Å²) in [5, 5.41) is 9.86. The Morgan fingerprint density at radius 3 is 2.73 bits per heavy atom. The molecule has 1 fully saturated rings. The summed E-state index contributed by atoms with van der Waals surface area (Å²) in [4.78, 5) is 19.7. The van der Waals surface area contributed by atoms with E-state index in [1.54, 1.807) is 12.1 Å². The molecule has 3 aromatic rings. The molecule has 1 aromatic carbocycles. The number of halogens is 3. The Hall–Kier alpha value is -3.31. The van der Waals surface area contributed by atoms with Gasteiger partial charge in [0.25, 0.3) is 11.9 Å². The minimum Gasteiger partial charge on any atom is -0.371 e. The number of anilines is 1. The Bertz CT molecular complexity index is 1030. The van der Waals surface area contributed by atoms with Crippen molar-refractivity contribution in [2.45, 2.75) is 12.3 Å². The highest BCUT2D eigenvalue weighted by molar-refractivity contribution is 6.03. The van der Waals surface area contributed by atoms with Gasteiger partial charge in [0.15, 0.2) is 0 Å². The zero-order valence-corrected chi connectivity index (χ0v) is 15.6. The van der Waals surface area contributed by atoms with E-state index < -0.39 is 17.8 Å². The molecule has 8 nitrogen and oxygen atoms in total. The lowest BCUT2D eigenvalue weighted by molar-refractivity contribution is -0.141. The van der Waals surface area contributed by atoms with Gasteiger partial charge in [-0.1, -0.05) is 12.1 Å². The average molecular weight is 418 g/mol. The van der Waals surface area contributed by atoms with Gasteiger partial charge in [0.05, 0.1) is 24.5 Å². The number of aromatic nitrogens is 4. The molecule has 1 amide bonds. The largest absolute Gasteiger partial charge is 0.433 e. The van der Waals surface area contributed by atoms with E-state index in [-0.39, 0.29) is 17.6 Å². The molecule has 30 heavy (non-hydrogen) atoms. The zero-order valence-electron chi connectivity index (χ0n) is 15.6. The van der Waals surface area contributed by atoms with E-state index in [9.17, 15) is 18.0 Å². The third-order valence-corrected chi connectivity index (χ3v) is 4.45. The van der Waals surface area contributed by atoms with Crippen molar-refractivity contribution in [2.75, 3.05) is 25.0 Å². The summed E-state index contributed by atoms with van der Waals surface area (Å²) in [7, 11) is 0. The monoisotopic (exact) mass is 418 g/mol. The highest BCUT2D eigenvalue weighted by atomic mass is 19.4. The second kappa shape index (κ2) is 8.20. The smallest absolute Gasteiger partial charge is 0.371 e. The van der Waals surface area contributed by atoms with E-state index in [0.29, 0.717) is 12.3 Å². The van der Waals surface area contributed by atoms with E-state index in [1.165, 1.54) is 12.4 Å². The first-order chi connectivity index (χ1) is 14.4. The van der Waals surface area contributed by atoms with Gasteiger partial charge in [0.1, 0.15) is 5.69 Å². The lowest BCUT2D eigenvalue weighted by atomic mass is 10.1. The van der Waals surface area contributed by atoms with Crippen molar-refractivity contribution in [2.24, 2.45) is 0 Å². The van der Waals surface area contributed by atoms with Gasteiger partial charge in [-0.2, -0.15) is 18.3 Å². The van der Waals surface area contributed by atoms with Crippen molar-refractivity contribution in [3.05, 3.63) is 65.7 Å². The number of benzene rings is 1. The minimum absolute atomic E-state index is 0.0332. The number of alkyl halides is 3. The Morgan fingerprint density at radius 2 is 2.03 bits per heavy atom. The van der Waals surface area contributed by atoms with Crippen LogP contribution in [0.5, 0.6) is 0 Å². The highest BCUT2D eigenvalue weighted by Gasteiger charge is 2.33. The van der Waals surface area contributed by atoms with Crippen LogP contribution in [-0.2, 0) is 10.9 Å². The third-order valence-electron chi connectivity index (χ3n) is 4.45. The van der Waals surface area contributed by atoms with Gasteiger partial charge < -0.3 is 15.4 Å². The van der Waals surface area contributed by atoms with Crippen molar-refractivity contribution in [3.8, 4) is 5.95 Å². The Morgan fingerprint density at radius 1 is 1.23 bits per heavy atom. The van der Waals surface area contributed by atoms with Crippen molar-refractivity contribution in [1.29, 1.82) is 0 Å². The molecule has 11 heteroatoms. The van der Waals surface area contributed by atoms with E-state index in [0.717, 1.165) is 35.6 Å². The van der Waals surface area contributed by atoms with Gasteiger partial charge in [-0.15, -0.1) is 0 Å². The number of amides is 1. The number of rotatable bonds is 4. The van der Waals surface area contributed by atoms with E-state index >= 15 is 0 Å². The van der Waals surface area contributed by atoms with E-state index in [1.807, 2.05) is 12.1 Å². The van der Waals surface area contributed by atoms with Gasteiger partial charge in [-0.25, -0.2) is 14.6 Å². The van der Waals surface area contributed by atoms with Crippen LogP contribution >= 0.6 is 0 Å². The maximum atomic E-state index is 12.8. The Balaban J connectivity index is 1.44. The normalized spacial score (nSPS) is 17.0. The van der Waals surface area contributed by atoms with Crippen LogP contribution in [0.2, 0.25) is 0 Å². The van der Waals surface area contributed by atoms with Crippen molar-refractivity contribution >= 4 is 11.6 Å². The molecule has 2 N–H and O–H groups in total. The molecule has 0 spiro atoms. The molecule has 2 aromatic heterocycles. The summed E-state index contributed by atoms with van der Waals surface area (Å²) >= 11 is 0.